The molecule has 0 fully saturated rings. The highest BCUT2D eigenvalue weighted by Crippen LogP contribution is 2.44. The van der Waals surface area contributed by atoms with Gasteiger partial charge in [0.2, 0.25) is 5.75 Å². The zero-order valence-corrected chi connectivity index (χ0v) is 16.4. The third-order valence-electron chi connectivity index (χ3n) is 4.38. The first-order valence-corrected chi connectivity index (χ1v) is 8.34. The van der Waals surface area contributed by atoms with Crippen LogP contribution in [0.15, 0.2) is 30.3 Å². The molecular formula is C20H24O8. The van der Waals surface area contributed by atoms with Gasteiger partial charge in [0.25, 0.3) is 0 Å². The Kier molecular flexibility index (Phi) is 7.08. The van der Waals surface area contributed by atoms with E-state index < -0.39 is 18.0 Å². The summed E-state index contributed by atoms with van der Waals surface area (Å²) < 4.78 is 26.0. The maximum Gasteiger partial charge on any atom is 0.203 e. The SMILES string of the molecule is COc1ccc(C(=O)C(c2ccc(OC)c(OC)c2O)C(OC)OC)c(O)c1. The first kappa shape index (κ1) is 21.3. The maximum absolute atomic E-state index is 13.3. The molecule has 0 aliphatic carbocycles. The number of rotatable bonds is 9. The Morgan fingerprint density at radius 2 is 1.57 bits per heavy atom. The molecular weight excluding hydrogens is 368 g/mol. The Balaban J connectivity index is 2.62. The summed E-state index contributed by atoms with van der Waals surface area (Å²) in [6.45, 7) is 0. The van der Waals surface area contributed by atoms with E-state index in [1.807, 2.05) is 0 Å². The van der Waals surface area contributed by atoms with Gasteiger partial charge in [-0.05, 0) is 18.2 Å². The van der Waals surface area contributed by atoms with Crippen LogP contribution in [-0.2, 0) is 9.47 Å². The zero-order chi connectivity index (χ0) is 20.8. The van der Waals surface area contributed by atoms with Crippen LogP contribution in [0.2, 0.25) is 0 Å². The Morgan fingerprint density at radius 1 is 0.893 bits per heavy atom. The maximum atomic E-state index is 13.3. The smallest absolute Gasteiger partial charge is 0.203 e. The molecule has 28 heavy (non-hydrogen) atoms. The average molecular weight is 392 g/mol. The molecule has 2 aromatic carbocycles. The van der Waals surface area contributed by atoms with Crippen molar-refractivity contribution in [1.29, 1.82) is 0 Å². The quantitative estimate of drug-likeness (QED) is 0.496. The van der Waals surface area contributed by atoms with Crippen molar-refractivity contribution in [2.45, 2.75) is 12.2 Å². The van der Waals surface area contributed by atoms with E-state index in [0.717, 1.165) is 0 Å². The summed E-state index contributed by atoms with van der Waals surface area (Å²) in [7, 11) is 7.01. The molecule has 0 aliphatic rings. The Labute approximate surface area is 163 Å². The topological polar surface area (TPSA) is 104 Å². The Morgan fingerprint density at radius 3 is 2.07 bits per heavy atom. The predicted octanol–water partition coefficient (Wildman–Crippen LogP) is 2.71. The summed E-state index contributed by atoms with van der Waals surface area (Å²) in [4.78, 5) is 13.3. The number of Topliss-reactive ketones (excluding diaryl/α,β-unsaturated/α-hetero) is 1. The lowest BCUT2D eigenvalue weighted by Crippen LogP contribution is -2.30. The molecule has 2 N–H and O–H groups in total. The molecule has 0 spiro atoms. The number of carbonyl (C=O) groups excluding carboxylic acids is 1. The number of ether oxygens (including phenoxy) is 5. The van der Waals surface area contributed by atoms with Crippen LogP contribution in [0.4, 0.5) is 0 Å². The van der Waals surface area contributed by atoms with E-state index in [4.69, 9.17) is 23.7 Å². The van der Waals surface area contributed by atoms with Gasteiger partial charge in [-0.3, -0.25) is 4.79 Å². The van der Waals surface area contributed by atoms with E-state index in [1.165, 1.54) is 53.7 Å². The highest BCUT2D eigenvalue weighted by molar-refractivity contribution is 6.04. The molecule has 8 heteroatoms. The Hall–Kier alpha value is -2.97. The summed E-state index contributed by atoms with van der Waals surface area (Å²) in [5.41, 5.74) is 0.227. The highest BCUT2D eigenvalue weighted by atomic mass is 16.7. The molecule has 0 saturated carbocycles. The summed E-state index contributed by atoms with van der Waals surface area (Å²) >= 11 is 0. The lowest BCUT2D eigenvalue weighted by molar-refractivity contribution is -0.110. The van der Waals surface area contributed by atoms with Gasteiger partial charge >= 0.3 is 0 Å². The standard InChI is InChI=1S/C20H24O8/c1-24-11-6-7-12(14(21)10-11)17(22)16(20(27-4)28-5)13-8-9-15(25-2)19(26-3)18(13)23/h6-10,16,20-21,23H,1-5H3. The third kappa shape index (κ3) is 3.97. The van der Waals surface area contributed by atoms with Crippen LogP contribution in [-0.4, -0.2) is 57.8 Å². The summed E-state index contributed by atoms with van der Waals surface area (Å²) in [6.07, 6.45) is -1.03. The number of hydrogen-bond donors (Lipinski definition) is 2. The second-order valence-electron chi connectivity index (χ2n) is 5.80. The number of carbonyl (C=O) groups is 1. The van der Waals surface area contributed by atoms with Crippen molar-refractivity contribution in [2.75, 3.05) is 35.5 Å². The van der Waals surface area contributed by atoms with Gasteiger partial charge in [0.05, 0.1) is 26.9 Å². The average Bonchev–Trinajstić information content (AvgIpc) is 2.71. The molecule has 1 unspecified atom stereocenters. The molecule has 0 aliphatic heterocycles. The number of benzene rings is 2. The van der Waals surface area contributed by atoms with Crippen LogP contribution < -0.4 is 14.2 Å². The molecule has 0 aromatic heterocycles. The van der Waals surface area contributed by atoms with E-state index >= 15 is 0 Å². The van der Waals surface area contributed by atoms with Gasteiger partial charge in [-0.25, -0.2) is 0 Å². The number of methoxy groups -OCH3 is 5. The number of hydrogen-bond acceptors (Lipinski definition) is 8. The van der Waals surface area contributed by atoms with Crippen LogP contribution in [0, 0.1) is 0 Å². The number of phenolic OH excluding ortho intramolecular Hbond substituents is 2. The first-order chi connectivity index (χ1) is 13.4. The van der Waals surface area contributed by atoms with Crippen molar-refractivity contribution in [3.8, 4) is 28.7 Å². The summed E-state index contributed by atoms with van der Waals surface area (Å²) in [5.74, 6) is -1.39. The van der Waals surface area contributed by atoms with E-state index in [2.05, 4.69) is 0 Å². The van der Waals surface area contributed by atoms with Crippen molar-refractivity contribution in [2.24, 2.45) is 0 Å². The first-order valence-electron chi connectivity index (χ1n) is 8.34. The van der Waals surface area contributed by atoms with Gasteiger partial charge in [0.1, 0.15) is 17.4 Å². The molecule has 0 amide bonds. The van der Waals surface area contributed by atoms with Crippen LogP contribution in [0.3, 0.4) is 0 Å². The van der Waals surface area contributed by atoms with E-state index in [9.17, 15) is 15.0 Å². The fraction of sp³-hybridized carbons (Fsp3) is 0.350. The van der Waals surface area contributed by atoms with Gasteiger partial charge in [-0.15, -0.1) is 0 Å². The monoisotopic (exact) mass is 392 g/mol. The molecule has 152 valence electrons. The van der Waals surface area contributed by atoms with Gasteiger partial charge < -0.3 is 33.9 Å². The van der Waals surface area contributed by atoms with Gasteiger partial charge in [-0.1, -0.05) is 6.07 Å². The number of ketones is 1. The Bertz CT molecular complexity index is 829. The van der Waals surface area contributed by atoms with Gasteiger partial charge in [0, 0.05) is 25.8 Å². The van der Waals surface area contributed by atoms with Crippen molar-refractivity contribution in [1.82, 2.24) is 0 Å². The lowest BCUT2D eigenvalue weighted by Gasteiger charge is -2.26. The second-order valence-corrected chi connectivity index (χ2v) is 5.80. The molecule has 0 bridgehead atoms. The third-order valence-corrected chi connectivity index (χ3v) is 4.38. The van der Waals surface area contributed by atoms with Crippen LogP contribution in [0.1, 0.15) is 21.8 Å². The minimum absolute atomic E-state index is 0.0269. The van der Waals surface area contributed by atoms with Crippen molar-refractivity contribution >= 4 is 5.78 Å². The van der Waals surface area contributed by atoms with Crippen LogP contribution in [0.5, 0.6) is 28.7 Å². The lowest BCUT2D eigenvalue weighted by atomic mass is 9.88. The zero-order valence-electron chi connectivity index (χ0n) is 16.4. The number of aromatic hydroxyl groups is 2. The van der Waals surface area contributed by atoms with Crippen molar-refractivity contribution in [3.05, 3.63) is 41.5 Å². The van der Waals surface area contributed by atoms with Gasteiger partial charge in [0.15, 0.2) is 23.6 Å². The summed E-state index contributed by atoms with van der Waals surface area (Å²) in [5, 5.41) is 21.0. The molecule has 2 rings (SSSR count). The van der Waals surface area contributed by atoms with E-state index in [-0.39, 0.29) is 28.4 Å². The summed E-state index contributed by atoms with van der Waals surface area (Å²) in [6, 6.07) is 7.39. The van der Waals surface area contributed by atoms with Crippen molar-refractivity contribution in [3.63, 3.8) is 0 Å². The minimum atomic E-state index is -1.09. The molecule has 0 saturated heterocycles. The van der Waals surface area contributed by atoms with Crippen LogP contribution >= 0.6 is 0 Å². The molecule has 1 atom stereocenters. The fourth-order valence-electron chi connectivity index (χ4n) is 2.97. The minimum Gasteiger partial charge on any atom is -0.507 e. The van der Waals surface area contributed by atoms with E-state index in [0.29, 0.717) is 11.5 Å². The normalized spacial score (nSPS) is 11.9. The molecule has 0 heterocycles. The largest absolute Gasteiger partial charge is 0.507 e. The molecule has 8 nitrogen and oxygen atoms in total. The van der Waals surface area contributed by atoms with E-state index in [1.54, 1.807) is 12.1 Å². The fourth-order valence-corrected chi connectivity index (χ4v) is 2.97. The second kappa shape index (κ2) is 9.29. The molecule has 2 aromatic rings. The van der Waals surface area contributed by atoms with Crippen LogP contribution in [0.25, 0.3) is 0 Å². The van der Waals surface area contributed by atoms with Gasteiger partial charge in [-0.2, -0.15) is 0 Å². The number of phenols is 2. The molecule has 0 radical (unpaired) electrons. The predicted molar refractivity (Wildman–Crippen MR) is 101 cm³/mol. The van der Waals surface area contributed by atoms with Crippen molar-refractivity contribution < 1.29 is 38.7 Å². The highest BCUT2D eigenvalue weighted by Gasteiger charge is 2.36.